The monoisotopic (exact) mass is 310 g/mol. The molecule has 7 nitrogen and oxygen atoms in total. The maximum atomic E-state index is 12.2. The molecule has 0 aliphatic heterocycles. The van der Waals surface area contributed by atoms with Crippen LogP contribution in [0.25, 0.3) is 11.3 Å². The van der Waals surface area contributed by atoms with Gasteiger partial charge in [-0.15, -0.1) is 0 Å². The fourth-order valence-corrected chi connectivity index (χ4v) is 2.24. The summed E-state index contributed by atoms with van der Waals surface area (Å²) in [6.45, 7) is 4.22. The number of aromatic amines is 2. The molecule has 0 aliphatic carbocycles. The van der Waals surface area contributed by atoms with E-state index >= 15 is 0 Å². The molecule has 0 unspecified atom stereocenters. The lowest BCUT2D eigenvalue weighted by molar-refractivity contribution is 0.102. The van der Waals surface area contributed by atoms with E-state index in [9.17, 15) is 4.79 Å². The summed E-state index contributed by atoms with van der Waals surface area (Å²) in [5, 5.41) is 16.7. The minimum absolute atomic E-state index is 0.256. The number of rotatable bonds is 5. The van der Waals surface area contributed by atoms with E-state index in [-0.39, 0.29) is 5.91 Å². The van der Waals surface area contributed by atoms with Gasteiger partial charge in [-0.1, -0.05) is 13.8 Å². The highest BCUT2D eigenvalue weighted by molar-refractivity contribution is 6.02. The fourth-order valence-electron chi connectivity index (χ4n) is 2.24. The van der Waals surface area contributed by atoms with Crippen molar-refractivity contribution in [1.82, 2.24) is 25.4 Å². The van der Waals surface area contributed by atoms with Gasteiger partial charge in [0.2, 0.25) is 0 Å². The van der Waals surface area contributed by atoms with Crippen molar-refractivity contribution in [1.29, 1.82) is 0 Å². The summed E-state index contributed by atoms with van der Waals surface area (Å²) in [7, 11) is 0. The maximum absolute atomic E-state index is 12.2. The van der Waals surface area contributed by atoms with Crippen molar-refractivity contribution in [2.45, 2.75) is 20.3 Å². The van der Waals surface area contributed by atoms with Gasteiger partial charge in [0.15, 0.2) is 0 Å². The minimum Gasteiger partial charge on any atom is -0.306 e. The Hall–Kier alpha value is -2.96. The molecule has 3 N–H and O–H groups in total. The molecule has 0 fully saturated rings. The first-order valence-electron chi connectivity index (χ1n) is 7.43. The van der Waals surface area contributed by atoms with Crippen LogP contribution in [0.3, 0.4) is 0 Å². The second-order valence-electron chi connectivity index (χ2n) is 5.73. The maximum Gasteiger partial charge on any atom is 0.274 e. The number of hydrogen-bond acceptors (Lipinski definition) is 4. The highest BCUT2D eigenvalue weighted by Gasteiger charge is 2.12. The Labute approximate surface area is 133 Å². The van der Waals surface area contributed by atoms with Crippen molar-refractivity contribution in [2.75, 3.05) is 5.32 Å². The van der Waals surface area contributed by atoms with Gasteiger partial charge >= 0.3 is 0 Å². The first kappa shape index (κ1) is 15.0. The van der Waals surface area contributed by atoms with Crippen LogP contribution in [0.5, 0.6) is 0 Å². The first-order valence-corrected chi connectivity index (χ1v) is 7.43. The van der Waals surface area contributed by atoms with Gasteiger partial charge in [0.1, 0.15) is 11.5 Å². The molecule has 0 saturated carbocycles. The third-order valence-corrected chi connectivity index (χ3v) is 3.28. The Morgan fingerprint density at radius 1 is 1.26 bits per heavy atom. The number of anilines is 1. The van der Waals surface area contributed by atoms with Gasteiger partial charge in [-0.25, -0.2) is 0 Å². The molecular weight excluding hydrogens is 292 g/mol. The summed E-state index contributed by atoms with van der Waals surface area (Å²) in [5.74, 6) is 0.756. The zero-order valence-electron chi connectivity index (χ0n) is 13.0. The highest BCUT2D eigenvalue weighted by Crippen LogP contribution is 2.18. The fraction of sp³-hybridized carbons (Fsp3) is 0.250. The third-order valence-electron chi connectivity index (χ3n) is 3.28. The molecule has 0 atom stereocenters. The average molecular weight is 310 g/mol. The Balaban J connectivity index is 1.69. The summed E-state index contributed by atoms with van der Waals surface area (Å²) < 4.78 is 0. The Kier molecular flexibility index (Phi) is 4.18. The zero-order valence-corrected chi connectivity index (χ0v) is 13.0. The van der Waals surface area contributed by atoms with Gasteiger partial charge in [0.05, 0.1) is 11.4 Å². The van der Waals surface area contributed by atoms with Crippen molar-refractivity contribution in [2.24, 2.45) is 5.92 Å². The van der Waals surface area contributed by atoms with Crippen LogP contribution in [0.15, 0.2) is 36.7 Å². The van der Waals surface area contributed by atoms with E-state index in [1.807, 2.05) is 12.1 Å². The molecule has 0 spiro atoms. The number of nitrogens with one attached hydrogen (secondary N) is 3. The molecule has 3 rings (SSSR count). The van der Waals surface area contributed by atoms with Crippen LogP contribution in [0.2, 0.25) is 0 Å². The molecular formula is C16H18N6O. The average Bonchev–Trinajstić information content (AvgIpc) is 3.17. The van der Waals surface area contributed by atoms with E-state index in [4.69, 9.17) is 0 Å². The van der Waals surface area contributed by atoms with Crippen molar-refractivity contribution in [3.05, 3.63) is 48.0 Å². The number of nitrogens with zero attached hydrogens (tertiary/aromatic N) is 3. The number of aromatic nitrogens is 5. The van der Waals surface area contributed by atoms with Crippen molar-refractivity contribution >= 4 is 11.7 Å². The molecule has 7 heteroatoms. The standard InChI is InChI=1S/C16H18N6O/c1-10(2)6-12-7-14(21-19-12)16(23)18-15-8-13(20-22-15)11-4-3-5-17-9-11/h3-5,7-10H,6H2,1-2H3,(H,19,21)(H2,18,20,22,23). The van der Waals surface area contributed by atoms with Crippen LogP contribution in [-0.4, -0.2) is 31.3 Å². The van der Waals surface area contributed by atoms with Gasteiger partial charge in [-0.2, -0.15) is 10.2 Å². The largest absolute Gasteiger partial charge is 0.306 e. The summed E-state index contributed by atoms with van der Waals surface area (Å²) in [6, 6.07) is 7.28. The molecule has 0 saturated heterocycles. The van der Waals surface area contributed by atoms with Gasteiger partial charge in [0, 0.05) is 24.0 Å². The summed E-state index contributed by atoms with van der Waals surface area (Å²) in [6.07, 6.45) is 4.25. The van der Waals surface area contributed by atoms with Crippen LogP contribution in [0.4, 0.5) is 5.82 Å². The Morgan fingerprint density at radius 3 is 2.87 bits per heavy atom. The minimum atomic E-state index is -0.256. The molecule has 3 aromatic rings. The quantitative estimate of drug-likeness (QED) is 0.674. The number of pyridine rings is 1. The molecule has 0 radical (unpaired) electrons. The smallest absolute Gasteiger partial charge is 0.274 e. The molecule has 0 aliphatic rings. The lowest BCUT2D eigenvalue weighted by Crippen LogP contribution is -2.12. The molecule has 3 heterocycles. The van der Waals surface area contributed by atoms with Crippen LogP contribution in [-0.2, 0) is 6.42 Å². The van der Waals surface area contributed by atoms with E-state index in [0.29, 0.717) is 17.4 Å². The molecule has 0 bridgehead atoms. The van der Waals surface area contributed by atoms with Crippen molar-refractivity contribution in [3.8, 4) is 11.3 Å². The molecule has 0 aromatic carbocycles. The van der Waals surface area contributed by atoms with Gasteiger partial charge in [-0.3, -0.25) is 20.0 Å². The lowest BCUT2D eigenvalue weighted by Gasteiger charge is -1.99. The molecule has 3 aromatic heterocycles. The molecule has 1 amide bonds. The van der Waals surface area contributed by atoms with E-state index in [1.165, 1.54) is 0 Å². The predicted octanol–water partition coefficient (Wildman–Crippen LogP) is 2.65. The first-order chi connectivity index (χ1) is 11.1. The second-order valence-corrected chi connectivity index (χ2v) is 5.73. The molecule has 118 valence electrons. The topological polar surface area (TPSA) is 99.4 Å². The number of hydrogen-bond donors (Lipinski definition) is 3. The second kappa shape index (κ2) is 6.43. The number of amides is 1. The van der Waals surface area contributed by atoms with Gasteiger partial charge in [-0.05, 0) is 30.5 Å². The van der Waals surface area contributed by atoms with Gasteiger partial charge < -0.3 is 5.32 Å². The highest BCUT2D eigenvalue weighted by atomic mass is 16.2. The van der Waals surface area contributed by atoms with Crippen LogP contribution in [0.1, 0.15) is 30.0 Å². The Morgan fingerprint density at radius 2 is 2.13 bits per heavy atom. The van der Waals surface area contributed by atoms with Crippen LogP contribution < -0.4 is 5.32 Å². The SMILES string of the molecule is CC(C)Cc1cc(C(=O)Nc2cc(-c3cccnc3)n[nH]2)[nH]n1. The number of H-pyrrole nitrogens is 2. The van der Waals surface area contributed by atoms with E-state index < -0.39 is 0 Å². The normalized spacial score (nSPS) is 10.9. The summed E-state index contributed by atoms with van der Waals surface area (Å²) >= 11 is 0. The lowest BCUT2D eigenvalue weighted by atomic mass is 10.1. The molecule has 23 heavy (non-hydrogen) atoms. The Bertz CT molecular complexity index is 790. The van der Waals surface area contributed by atoms with E-state index in [2.05, 4.69) is 44.5 Å². The van der Waals surface area contributed by atoms with Crippen molar-refractivity contribution in [3.63, 3.8) is 0 Å². The van der Waals surface area contributed by atoms with Gasteiger partial charge in [0.25, 0.3) is 5.91 Å². The van der Waals surface area contributed by atoms with Crippen LogP contribution >= 0.6 is 0 Å². The predicted molar refractivity (Wildman–Crippen MR) is 86.9 cm³/mol. The summed E-state index contributed by atoms with van der Waals surface area (Å²) in [4.78, 5) is 16.3. The number of carbonyl (C=O) groups excluding carboxylic acids is 1. The number of carbonyl (C=O) groups is 1. The summed E-state index contributed by atoms with van der Waals surface area (Å²) in [5.41, 5.74) is 2.91. The van der Waals surface area contributed by atoms with Crippen LogP contribution in [0, 0.1) is 5.92 Å². The van der Waals surface area contributed by atoms with E-state index in [0.717, 1.165) is 23.4 Å². The van der Waals surface area contributed by atoms with E-state index in [1.54, 1.807) is 24.5 Å². The zero-order chi connectivity index (χ0) is 16.2. The third kappa shape index (κ3) is 3.63. The van der Waals surface area contributed by atoms with Crippen molar-refractivity contribution < 1.29 is 4.79 Å².